The Kier molecular flexibility index (Phi) is 11.0. The van der Waals surface area contributed by atoms with E-state index in [0.29, 0.717) is 0 Å². The summed E-state index contributed by atoms with van der Waals surface area (Å²) in [6, 6.07) is 0. The Morgan fingerprint density at radius 3 is 2.40 bits per heavy atom. The molecule has 62 valence electrons. The second kappa shape index (κ2) is 8.79. The van der Waals surface area contributed by atoms with Gasteiger partial charge < -0.3 is 9.64 Å². The molecule has 0 aromatic carbocycles. The van der Waals surface area contributed by atoms with E-state index in [2.05, 4.69) is 4.90 Å². The van der Waals surface area contributed by atoms with Crippen molar-refractivity contribution in [3.8, 4) is 0 Å². The van der Waals surface area contributed by atoms with E-state index in [1.165, 1.54) is 0 Å². The molecule has 0 N–H and O–H groups in total. The summed E-state index contributed by atoms with van der Waals surface area (Å²) in [7, 11) is 4.05. The Bertz CT molecular complexity index is 83.7. The Morgan fingerprint density at radius 2 is 2.00 bits per heavy atom. The molecule has 2 nitrogen and oxygen atoms in total. The number of ether oxygens (including phenoxy) is 1. The number of nitrogens with zero attached hydrogens (tertiary/aromatic N) is 1. The molecule has 0 aromatic rings. The van der Waals surface area contributed by atoms with Crippen LogP contribution < -0.4 is 0 Å². The van der Waals surface area contributed by atoms with Crippen LogP contribution in [0.15, 0.2) is 12.3 Å². The van der Waals surface area contributed by atoms with Crippen molar-refractivity contribution in [3.05, 3.63) is 12.3 Å². The summed E-state index contributed by atoms with van der Waals surface area (Å²) in [5.74, 6) is 0. The third-order valence-electron chi connectivity index (χ3n) is 0.830. The van der Waals surface area contributed by atoms with Gasteiger partial charge in [-0.1, -0.05) is 0 Å². The lowest BCUT2D eigenvalue weighted by molar-refractivity contribution is 0.266. The van der Waals surface area contributed by atoms with Crippen molar-refractivity contribution in [2.24, 2.45) is 0 Å². The van der Waals surface area contributed by atoms with Crippen LogP contribution in [0.3, 0.4) is 0 Å². The maximum atomic E-state index is 4.98. The van der Waals surface area contributed by atoms with E-state index < -0.39 is 0 Å². The second-order valence-electron chi connectivity index (χ2n) is 2.09. The van der Waals surface area contributed by atoms with Crippen LogP contribution in [0.2, 0.25) is 0 Å². The topological polar surface area (TPSA) is 12.5 Å². The van der Waals surface area contributed by atoms with Gasteiger partial charge in [0, 0.05) is 6.54 Å². The predicted molar refractivity (Wildman–Crippen MR) is 46.6 cm³/mol. The van der Waals surface area contributed by atoms with Gasteiger partial charge in [-0.05, 0) is 27.1 Å². The molecule has 0 unspecified atom stereocenters. The Hall–Kier alpha value is -0.210. The molecule has 0 atom stereocenters. The summed E-state index contributed by atoms with van der Waals surface area (Å²) in [6.07, 6.45) is 3.73. The van der Waals surface area contributed by atoms with Crippen LogP contribution in [0.4, 0.5) is 0 Å². The van der Waals surface area contributed by atoms with Crippen LogP contribution in [0, 0.1) is 0 Å². The zero-order valence-electron chi connectivity index (χ0n) is 6.83. The quantitative estimate of drug-likeness (QED) is 0.586. The molecule has 0 aliphatic carbocycles. The van der Waals surface area contributed by atoms with Crippen molar-refractivity contribution in [1.29, 1.82) is 0 Å². The number of hydrogen-bond donors (Lipinski definition) is 0. The molecule has 0 amide bonds. The molecule has 0 radical (unpaired) electrons. The van der Waals surface area contributed by atoms with Gasteiger partial charge in [-0.3, -0.25) is 0 Å². The molecule has 0 saturated carbocycles. The molecule has 0 saturated heterocycles. The minimum atomic E-state index is 0. The smallest absolute Gasteiger partial charge is 0.0845 e. The molecule has 0 heterocycles. The molecule has 0 aromatic heterocycles. The Labute approximate surface area is 69.3 Å². The van der Waals surface area contributed by atoms with Gasteiger partial charge in [-0.15, -0.1) is 12.4 Å². The Morgan fingerprint density at radius 1 is 1.40 bits per heavy atom. The molecule has 0 bridgehead atoms. The predicted octanol–water partition coefficient (Wildman–Crippen LogP) is 1.52. The van der Waals surface area contributed by atoms with Crippen molar-refractivity contribution in [3.63, 3.8) is 0 Å². The SMILES string of the molecule is CCOC=CCN(C)C.Cl. The average Bonchev–Trinajstić information content (AvgIpc) is 1.80. The number of rotatable bonds is 4. The molecule has 0 aliphatic heterocycles. The normalized spacial score (nSPS) is 10.0. The average molecular weight is 166 g/mol. The van der Waals surface area contributed by atoms with Crippen molar-refractivity contribution >= 4 is 12.4 Å². The fourth-order valence-corrected chi connectivity index (χ4v) is 0.418. The van der Waals surface area contributed by atoms with E-state index in [1.807, 2.05) is 27.1 Å². The highest BCUT2D eigenvalue weighted by Crippen LogP contribution is 1.78. The van der Waals surface area contributed by atoms with Crippen LogP contribution in [-0.4, -0.2) is 32.1 Å². The first-order chi connectivity index (χ1) is 4.27. The third kappa shape index (κ3) is 10.7. The first-order valence-corrected chi connectivity index (χ1v) is 3.18. The fourth-order valence-electron chi connectivity index (χ4n) is 0.418. The summed E-state index contributed by atoms with van der Waals surface area (Å²) in [5.41, 5.74) is 0. The molecule has 0 spiro atoms. The number of likely N-dealkylation sites (N-methyl/N-ethyl adjacent to an activating group) is 1. The lowest BCUT2D eigenvalue weighted by atomic mass is 10.6. The van der Waals surface area contributed by atoms with Crippen LogP contribution in [0.5, 0.6) is 0 Å². The van der Waals surface area contributed by atoms with Gasteiger partial charge in [0.1, 0.15) is 0 Å². The maximum absolute atomic E-state index is 4.98. The van der Waals surface area contributed by atoms with Gasteiger partial charge in [-0.2, -0.15) is 0 Å². The highest BCUT2D eigenvalue weighted by molar-refractivity contribution is 5.85. The van der Waals surface area contributed by atoms with Crippen molar-refractivity contribution in [2.75, 3.05) is 27.2 Å². The van der Waals surface area contributed by atoms with Crippen molar-refractivity contribution in [1.82, 2.24) is 4.90 Å². The van der Waals surface area contributed by atoms with Crippen LogP contribution >= 0.6 is 12.4 Å². The lowest BCUT2D eigenvalue weighted by Crippen LogP contribution is -2.10. The minimum absolute atomic E-state index is 0. The molecule has 0 rings (SSSR count). The van der Waals surface area contributed by atoms with E-state index in [0.717, 1.165) is 13.2 Å². The minimum Gasteiger partial charge on any atom is -0.502 e. The summed E-state index contributed by atoms with van der Waals surface area (Å²) in [5, 5.41) is 0. The van der Waals surface area contributed by atoms with Crippen molar-refractivity contribution in [2.45, 2.75) is 6.92 Å². The summed E-state index contributed by atoms with van der Waals surface area (Å²) < 4.78 is 4.98. The lowest BCUT2D eigenvalue weighted by Gasteiger charge is -2.03. The monoisotopic (exact) mass is 165 g/mol. The van der Waals surface area contributed by atoms with E-state index in [9.17, 15) is 0 Å². The molecular weight excluding hydrogens is 150 g/mol. The largest absolute Gasteiger partial charge is 0.502 e. The van der Waals surface area contributed by atoms with Gasteiger partial charge in [-0.25, -0.2) is 0 Å². The zero-order valence-corrected chi connectivity index (χ0v) is 7.65. The molecular formula is C7H16ClNO. The highest BCUT2D eigenvalue weighted by Gasteiger charge is 1.79. The molecule has 10 heavy (non-hydrogen) atoms. The standard InChI is InChI=1S/C7H15NO.ClH/c1-4-9-7-5-6-8(2)3;/h5,7H,4,6H2,1-3H3;1H. The van der Waals surface area contributed by atoms with E-state index in [-0.39, 0.29) is 12.4 Å². The van der Waals surface area contributed by atoms with E-state index >= 15 is 0 Å². The van der Waals surface area contributed by atoms with Crippen LogP contribution in [-0.2, 0) is 4.74 Å². The number of hydrogen-bond acceptors (Lipinski definition) is 2. The number of halogens is 1. The summed E-state index contributed by atoms with van der Waals surface area (Å²) in [4.78, 5) is 2.08. The third-order valence-corrected chi connectivity index (χ3v) is 0.830. The maximum Gasteiger partial charge on any atom is 0.0845 e. The van der Waals surface area contributed by atoms with Crippen LogP contribution in [0.1, 0.15) is 6.92 Å². The zero-order chi connectivity index (χ0) is 7.11. The summed E-state index contributed by atoms with van der Waals surface area (Å²) >= 11 is 0. The van der Waals surface area contributed by atoms with Gasteiger partial charge in [0.05, 0.1) is 12.9 Å². The first-order valence-electron chi connectivity index (χ1n) is 3.18. The van der Waals surface area contributed by atoms with Gasteiger partial charge in [0.25, 0.3) is 0 Å². The van der Waals surface area contributed by atoms with Crippen LogP contribution in [0.25, 0.3) is 0 Å². The van der Waals surface area contributed by atoms with E-state index in [1.54, 1.807) is 6.26 Å². The molecule has 3 heteroatoms. The Balaban J connectivity index is 0. The van der Waals surface area contributed by atoms with Gasteiger partial charge in [0.2, 0.25) is 0 Å². The van der Waals surface area contributed by atoms with E-state index in [4.69, 9.17) is 4.74 Å². The fraction of sp³-hybridized carbons (Fsp3) is 0.714. The summed E-state index contributed by atoms with van der Waals surface area (Å²) in [6.45, 7) is 3.67. The highest BCUT2D eigenvalue weighted by atomic mass is 35.5. The molecule has 0 fully saturated rings. The first kappa shape index (κ1) is 12.5. The van der Waals surface area contributed by atoms with Crippen molar-refractivity contribution < 1.29 is 4.74 Å². The second-order valence-corrected chi connectivity index (χ2v) is 2.09. The van der Waals surface area contributed by atoms with Gasteiger partial charge >= 0.3 is 0 Å². The van der Waals surface area contributed by atoms with Gasteiger partial charge in [0.15, 0.2) is 0 Å². The molecule has 0 aliphatic rings.